The molecule has 2 rings (SSSR count). The molecule has 0 unspecified atom stereocenters. The number of hydrogen-bond donors (Lipinski definition) is 1. The van der Waals surface area contributed by atoms with Crippen molar-refractivity contribution in [2.45, 2.75) is 26.2 Å². The number of nitrogens with one attached hydrogen (secondary N) is 1. The molecule has 150 valence electrons. The van der Waals surface area contributed by atoms with Crippen LogP contribution in [0.5, 0.6) is 11.5 Å². The molecule has 0 aliphatic rings. The number of methoxy groups -OCH3 is 1. The zero-order valence-corrected chi connectivity index (χ0v) is 16.4. The Balaban J connectivity index is 1.67. The second-order valence-corrected chi connectivity index (χ2v) is 6.23. The number of rotatable bonds is 11. The number of unbranched alkanes of at least 4 members (excludes halogenated alkanes) is 1. The Kier molecular flexibility index (Phi) is 8.85. The number of hydrogen-bond acceptors (Lipinski definition) is 5. The summed E-state index contributed by atoms with van der Waals surface area (Å²) in [5.41, 5.74) is 1.51. The van der Waals surface area contributed by atoms with Crippen molar-refractivity contribution < 1.29 is 23.8 Å². The highest BCUT2D eigenvalue weighted by molar-refractivity contribution is 5.96. The van der Waals surface area contributed by atoms with Crippen LogP contribution in [-0.2, 0) is 16.0 Å². The summed E-state index contributed by atoms with van der Waals surface area (Å²) < 4.78 is 15.8. The van der Waals surface area contributed by atoms with Crippen molar-refractivity contribution in [1.29, 1.82) is 0 Å². The fourth-order valence-corrected chi connectivity index (χ4v) is 2.42. The Bertz CT molecular complexity index is 741. The van der Waals surface area contributed by atoms with E-state index < -0.39 is 5.97 Å². The van der Waals surface area contributed by atoms with E-state index in [4.69, 9.17) is 14.2 Å². The zero-order valence-electron chi connectivity index (χ0n) is 16.4. The molecule has 1 amide bonds. The Morgan fingerprint density at radius 2 is 1.61 bits per heavy atom. The van der Waals surface area contributed by atoms with Gasteiger partial charge in [-0.2, -0.15) is 0 Å². The van der Waals surface area contributed by atoms with E-state index in [-0.39, 0.29) is 19.1 Å². The maximum Gasteiger partial charge on any atom is 0.325 e. The van der Waals surface area contributed by atoms with Crippen LogP contribution in [0, 0.1) is 0 Å². The highest BCUT2D eigenvalue weighted by Gasteiger charge is 2.09. The van der Waals surface area contributed by atoms with Crippen LogP contribution in [0.4, 0.5) is 0 Å². The molecule has 0 atom stereocenters. The Morgan fingerprint density at radius 3 is 2.25 bits per heavy atom. The van der Waals surface area contributed by atoms with Crippen molar-refractivity contribution in [3.8, 4) is 11.5 Å². The standard InChI is InChI=1S/C22H27NO5/c1-3-4-14-27-20-11-7-18(8-12-20)22(25)23-16-21(24)28-15-13-17-5-9-19(26-2)10-6-17/h5-12H,3-4,13-16H2,1-2H3,(H,23,25). The van der Waals surface area contributed by atoms with E-state index in [1.807, 2.05) is 24.3 Å². The van der Waals surface area contributed by atoms with E-state index in [0.29, 0.717) is 18.6 Å². The van der Waals surface area contributed by atoms with E-state index in [9.17, 15) is 9.59 Å². The fraction of sp³-hybridized carbons (Fsp3) is 0.364. The van der Waals surface area contributed by atoms with Gasteiger partial charge in [0.15, 0.2) is 0 Å². The minimum atomic E-state index is -0.471. The summed E-state index contributed by atoms with van der Waals surface area (Å²) in [7, 11) is 1.61. The van der Waals surface area contributed by atoms with Gasteiger partial charge in [-0.25, -0.2) is 0 Å². The van der Waals surface area contributed by atoms with Gasteiger partial charge in [-0.15, -0.1) is 0 Å². The van der Waals surface area contributed by atoms with Gasteiger partial charge in [0.1, 0.15) is 18.0 Å². The van der Waals surface area contributed by atoms with Gasteiger partial charge in [0.2, 0.25) is 0 Å². The number of carbonyl (C=O) groups is 2. The maximum absolute atomic E-state index is 12.1. The highest BCUT2D eigenvalue weighted by atomic mass is 16.5. The van der Waals surface area contributed by atoms with Crippen molar-refractivity contribution in [3.63, 3.8) is 0 Å². The summed E-state index contributed by atoms with van der Waals surface area (Å²) in [6.45, 7) is 2.84. The number of esters is 1. The van der Waals surface area contributed by atoms with Gasteiger partial charge in [0.25, 0.3) is 5.91 Å². The molecule has 0 bridgehead atoms. The lowest BCUT2D eigenvalue weighted by atomic mass is 10.1. The van der Waals surface area contributed by atoms with Crippen LogP contribution in [-0.4, -0.2) is 38.7 Å². The van der Waals surface area contributed by atoms with Crippen molar-refractivity contribution in [1.82, 2.24) is 5.32 Å². The zero-order chi connectivity index (χ0) is 20.2. The minimum Gasteiger partial charge on any atom is -0.497 e. The smallest absolute Gasteiger partial charge is 0.325 e. The molecule has 6 nitrogen and oxygen atoms in total. The third-order valence-electron chi connectivity index (χ3n) is 4.09. The second-order valence-electron chi connectivity index (χ2n) is 6.23. The van der Waals surface area contributed by atoms with Crippen LogP contribution in [0.25, 0.3) is 0 Å². The molecule has 0 spiro atoms. The Labute approximate surface area is 165 Å². The summed E-state index contributed by atoms with van der Waals surface area (Å²) in [6.07, 6.45) is 2.66. The van der Waals surface area contributed by atoms with Gasteiger partial charge in [0.05, 0.1) is 20.3 Å². The van der Waals surface area contributed by atoms with E-state index in [1.165, 1.54) is 0 Å². The quantitative estimate of drug-likeness (QED) is 0.474. The molecule has 1 N–H and O–H groups in total. The lowest BCUT2D eigenvalue weighted by molar-refractivity contribution is -0.142. The molecule has 0 aliphatic heterocycles. The molecular weight excluding hydrogens is 358 g/mol. The minimum absolute atomic E-state index is 0.170. The molecule has 0 saturated heterocycles. The van der Waals surface area contributed by atoms with Gasteiger partial charge in [-0.1, -0.05) is 25.5 Å². The summed E-state index contributed by atoms with van der Waals surface area (Å²) in [5, 5.41) is 2.56. The van der Waals surface area contributed by atoms with Crippen molar-refractivity contribution >= 4 is 11.9 Å². The van der Waals surface area contributed by atoms with E-state index >= 15 is 0 Å². The van der Waals surface area contributed by atoms with E-state index in [1.54, 1.807) is 31.4 Å². The molecule has 0 saturated carbocycles. The molecular formula is C22H27NO5. The van der Waals surface area contributed by atoms with Crippen molar-refractivity contribution in [3.05, 3.63) is 59.7 Å². The fourth-order valence-electron chi connectivity index (χ4n) is 2.42. The molecule has 0 aromatic heterocycles. The van der Waals surface area contributed by atoms with E-state index in [2.05, 4.69) is 12.2 Å². The number of ether oxygens (including phenoxy) is 3. The van der Waals surface area contributed by atoms with Gasteiger partial charge in [-0.05, 0) is 48.4 Å². The Hall–Kier alpha value is -3.02. The third kappa shape index (κ3) is 7.31. The second kappa shape index (κ2) is 11.6. The first kappa shape index (κ1) is 21.3. The van der Waals surface area contributed by atoms with Gasteiger partial charge < -0.3 is 19.5 Å². The lowest BCUT2D eigenvalue weighted by Crippen LogP contribution is -2.30. The topological polar surface area (TPSA) is 73.9 Å². The summed E-state index contributed by atoms with van der Waals surface area (Å²) >= 11 is 0. The average molecular weight is 385 g/mol. The van der Waals surface area contributed by atoms with Crippen molar-refractivity contribution in [2.24, 2.45) is 0 Å². The third-order valence-corrected chi connectivity index (χ3v) is 4.09. The van der Waals surface area contributed by atoms with Crippen LogP contribution in [0.2, 0.25) is 0 Å². The SMILES string of the molecule is CCCCOc1ccc(C(=O)NCC(=O)OCCc2ccc(OC)cc2)cc1. The first-order chi connectivity index (χ1) is 13.6. The van der Waals surface area contributed by atoms with E-state index in [0.717, 1.165) is 29.9 Å². The number of amides is 1. The Morgan fingerprint density at radius 1 is 0.929 bits per heavy atom. The summed E-state index contributed by atoms with van der Waals surface area (Å²) in [6, 6.07) is 14.4. The maximum atomic E-state index is 12.1. The predicted molar refractivity (Wildman–Crippen MR) is 107 cm³/mol. The normalized spacial score (nSPS) is 10.2. The summed E-state index contributed by atoms with van der Waals surface area (Å²) in [5.74, 6) is 0.709. The van der Waals surface area contributed by atoms with Crippen LogP contribution in [0.15, 0.2) is 48.5 Å². The number of benzene rings is 2. The first-order valence-corrected chi connectivity index (χ1v) is 9.42. The van der Waals surface area contributed by atoms with Gasteiger partial charge in [-0.3, -0.25) is 9.59 Å². The first-order valence-electron chi connectivity index (χ1n) is 9.42. The van der Waals surface area contributed by atoms with Crippen LogP contribution in [0.3, 0.4) is 0 Å². The van der Waals surface area contributed by atoms with Gasteiger partial charge in [0, 0.05) is 12.0 Å². The average Bonchev–Trinajstić information content (AvgIpc) is 2.73. The molecule has 2 aromatic rings. The van der Waals surface area contributed by atoms with Crippen LogP contribution < -0.4 is 14.8 Å². The summed E-state index contributed by atoms with van der Waals surface area (Å²) in [4.78, 5) is 23.9. The molecule has 28 heavy (non-hydrogen) atoms. The molecule has 0 fully saturated rings. The molecule has 6 heteroatoms. The lowest BCUT2D eigenvalue weighted by Gasteiger charge is -2.08. The highest BCUT2D eigenvalue weighted by Crippen LogP contribution is 2.13. The molecule has 2 aromatic carbocycles. The molecule has 0 radical (unpaired) electrons. The van der Waals surface area contributed by atoms with Gasteiger partial charge >= 0.3 is 5.97 Å². The monoisotopic (exact) mass is 385 g/mol. The predicted octanol–water partition coefficient (Wildman–Crippen LogP) is 3.39. The van der Waals surface area contributed by atoms with Crippen molar-refractivity contribution in [2.75, 3.05) is 26.9 Å². The molecule has 0 heterocycles. The van der Waals surface area contributed by atoms with Crippen LogP contribution >= 0.6 is 0 Å². The number of carbonyl (C=O) groups excluding carboxylic acids is 2. The molecule has 0 aliphatic carbocycles. The largest absolute Gasteiger partial charge is 0.497 e. The van der Waals surface area contributed by atoms with Crippen LogP contribution in [0.1, 0.15) is 35.7 Å².